The molecule has 11 heavy (non-hydrogen) atoms. The summed E-state index contributed by atoms with van der Waals surface area (Å²) in [5.74, 6) is -1.54. The lowest BCUT2D eigenvalue weighted by Gasteiger charge is -2.00. The third-order valence-corrected chi connectivity index (χ3v) is 2.56. The van der Waals surface area contributed by atoms with Crippen LogP contribution in [0.25, 0.3) is 0 Å². The Bertz CT molecular complexity index is 275. The molecular weight excluding hydrogens is 308 g/mol. The SMILES string of the molecule is Fc1c(Cl)cc(Cl)c(F)c1I. The Balaban J connectivity index is 3.46. The Kier molecular flexibility index (Phi) is 2.94. The van der Waals surface area contributed by atoms with Crippen LogP contribution in [0.5, 0.6) is 0 Å². The standard InChI is InChI=1S/C6HCl2F2I/c7-2-1-3(8)5(10)6(11)4(2)9/h1H. The first kappa shape index (κ1) is 9.48. The van der Waals surface area contributed by atoms with Gasteiger partial charge in [-0.25, -0.2) is 8.78 Å². The number of hydrogen-bond donors (Lipinski definition) is 0. The Morgan fingerprint density at radius 3 is 1.82 bits per heavy atom. The van der Waals surface area contributed by atoms with Gasteiger partial charge in [-0.1, -0.05) is 23.2 Å². The van der Waals surface area contributed by atoms with E-state index in [1.807, 2.05) is 0 Å². The molecule has 0 fully saturated rings. The molecule has 0 bridgehead atoms. The molecule has 5 heteroatoms. The second kappa shape index (κ2) is 3.41. The topological polar surface area (TPSA) is 0 Å². The maximum absolute atomic E-state index is 12.7. The summed E-state index contributed by atoms with van der Waals surface area (Å²) < 4.78 is 25.3. The summed E-state index contributed by atoms with van der Waals surface area (Å²) in [5, 5.41) is -0.332. The summed E-state index contributed by atoms with van der Waals surface area (Å²) in [7, 11) is 0. The molecule has 0 aromatic heterocycles. The first-order chi connectivity index (χ1) is 5.04. The van der Waals surface area contributed by atoms with Gasteiger partial charge in [0, 0.05) is 0 Å². The lowest BCUT2D eigenvalue weighted by Crippen LogP contribution is -1.90. The summed E-state index contributed by atoms with van der Waals surface area (Å²) in [6.07, 6.45) is 0. The summed E-state index contributed by atoms with van der Waals surface area (Å²) in [6.45, 7) is 0. The van der Waals surface area contributed by atoms with E-state index in [2.05, 4.69) is 0 Å². The van der Waals surface area contributed by atoms with Gasteiger partial charge >= 0.3 is 0 Å². The van der Waals surface area contributed by atoms with Crippen molar-refractivity contribution in [2.24, 2.45) is 0 Å². The molecule has 0 aliphatic rings. The van der Waals surface area contributed by atoms with Crippen LogP contribution in [0.15, 0.2) is 6.07 Å². The van der Waals surface area contributed by atoms with Gasteiger partial charge in [0.15, 0.2) is 11.6 Å². The first-order valence-electron chi connectivity index (χ1n) is 2.52. The van der Waals surface area contributed by atoms with Crippen LogP contribution in [0.2, 0.25) is 10.0 Å². The molecular formula is C6HCl2F2I. The van der Waals surface area contributed by atoms with Crippen molar-refractivity contribution in [2.45, 2.75) is 0 Å². The van der Waals surface area contributed by atoms with Crippen LogP contribution >= 0.6 is 45.8 Å². The Morgan fingerprint density at radius 2 is 1.45 bits per heavy atom. The van der Waals surface area contributed by atoms with Crippen molar-refractivity contribution in [3.8, 4) is 0 Å². The number of halogens is 5. The normalized spacial score (nSPS) is 10.3. The van der Waals surface area contributed by atoms with Gasteiger partial charge in [-0.05, 0) is 28.7 Å². The van der Waals surface area contributed by atoms with E-state index >= 15 is 0 Å². The molecule has 1 aromatic carbocycles. The van der Waals surface area contributed by atoms with Crippen molar-refractivity contribution in [1.82, 2.24) is 0 Å². The minimum absolute atomic E-state index is 0.166. The zero-order valence-electron chi connectivity index (χ0n) is 4.97. The lowest BCUT2D eigenvalue weighted by molar-refractivity contribution is 0.571. The molecule has 0 saturated carbocycles. The highest BCUT2D eigenvalue weighted by Crippen LogP contribution is 2.28. The Morgan fingerprint density at radius 1 is 1.09 bits per heavy atom. The maximum atomic E-state index is 12.7. The van der Waals surface area contributed by atoms with E-state index in [0.29, 0.717) is 0 Å². The molecule has 0 saturated heterocycles. The Labute approximate surface area is 85.6 Å². The van der Waals surface area contributed by atoms with Crippen molar-refractivity contribution >= 4 is 45.8 Å². The summed E-state index contributed by atoms with van der Waals surface area (Å²) >= 11 is 12.2. The predicted molar refractivity (Wildman–Crippen MR) is 49.1 cm³/mol. The molecule has 0 aliphatic carbocycles. The molecule has 0 amide bonds. The molecule has 0 unspecified atom stereocenters. The average molecular weight is 309 g/mol. The predicted octanol–water partition coefficient (Wildman–Crippen LogP) is 3.88. The van der Waals surface area contributed by atoms with E-state index in [1.54, 1.807) is 0 Å². The van der Waals surface area contributed by atoms with Crippen molar-refractivity contribution in [3.05, 3.63) is 31.3 Å². The van der Waals surface area contributed by atoms with Crippen LogP contribution < -0.4 is 0 Å². The molecule has 0 atom stereocenters. The van der Waals surface area contributed by atoms with Crippen molar-refractivity contribution in [3.63, 3.8) is 0 Å². The Hall–Kier alpha value is 0.390. The van der Waals surface area contributed by atoms with E-state index in [-0.39, 0.29) is 13.6 Å². The highest BCUT2D eigenvalue weighted by molar-refractivity contribution is 14.1. The summed E-state index contributed by atoms with van der Waals surface area (Å²) in [6, 6.07) is 1.04. The third kappa shape index (κ3) is 1.76. The minimum atomic E-state index is -0.769. The monoisotopic (exact) mass is 308 g/mol. The van der Waals surface area contributed by atoms with Crippen LogP contribution in [0.4, 0.5) is 8.78 Å². The van der Waals surface area contributed by atoms with Gasteiger partial charge in [0.2, 0.25) is 0 Å². The van der Waals surface area contributed by atoms with Crippen LogP contribution in [0.1, 0.15) is 0 Å². The summed E-state index contributed by atoms with van der Waals surface area (Å²) in [4.78, 5) is 0. The van der Waals surface area contributed by atoms with Gasteiger partial charge in [-0.3, -0.25) is 0 Å². The molecule has 0 spiro atoms. The number of hydrogen-bond acceptors (Lipinski definition) is 0. The molecule has 1 aromatic rings. The van der Waals surface area contributed by atoms with Crippen LogP contribution in [0, 0.1) is 15.2 Å². The van der Waals surface area contributed by atoms with E-state index in [1.165, 1.54) is 22.6 Å². The van der Waals surface area contributed by atoms with E-state index < -0.39 is 11.6 Å². The van der Waals surface area contributed by atoms with Gasteiger partial charge in [-0.2, -0.15) is 0 Å². The van der Waals surface area contributed by atoms with Gasteiger partial charge in [0.1, 0.15) is 0 Å². The minimum Gasteiger partial charge on any atom is -0.204 e. The zero-order chi connectivity index (χ0) is 8.59. The maximum Gasteiger partial charge on any atom is 0.158 e. The van der Waals surface area contributed by atoms with Crippen LogP contribution in [0.3, 0.4) is 0 Å². The fraction of sp³-hybridized carbons (Fsp3) is 0. The fourth-order valence-corrected chi connectivity index (χ4v) is 1.91. The lowest BCUT2D eigenvalue weighted by atomic mass is 10.3. The zero-order valence-corrected chi connectivity index (χ0v) is 8.64. The number of benzene rings is 1. The number of rotatable bonds is 0. The van der Waals surface area contributed by atoms with Gasteiger partial charge in [0.05, 0.1) is 13.6 Å². The van der Waals surface area contributed by atoms with Crippen molar-refractivity contribution in [1.29, 1.82) is 0 Å². The van der Waals surface area contributed by atoms with E-state index in [0.717, 1.165) is 6.07 Å². The molecule has 0 N–H and O–H groups in total. The largest absolute Gasteiger partial charge is 0.204 e. The second-order valence-electron chi connectivity index (χ2n) is 1.78. The average Bonchev–Trinajstić information content (AvgIpc) is 1.97. The quantitative estimate of drug-likeness (QED) is 0.388. The second-order valence-corrected chi connectivity index (χ2v) is 3.68. The van der Waals surface area contributed by atoms with Crippen LogP contribution in [-0.2, 0) is 0 Å². The van der Waals surface area contributed by atoms with Gasteiger partial charge < -0.3 is 0 Å². The summed E-state index contributed by atoms with van der Waals surface area (Å²) in [5.41, 5.74) is 0. The smallest absolute Gasteiger partial charge is 0.158 e. The van der Waals surface area contributed by atoms with Crippen molar-refractivity contribution in [2.75, 3.05) is 0 Å². The van der Waals surface area contributed by atoms with Gasteiger partial charge in [0.25, 0.3) is 0 Å². The molecule has 0 nitrogen and oxygen atoms in total. The molecule has 0 aliphatic heterocycles. The van der Waals surface area contributed by atoms with E-state index in [9.17, 15) is 8.78 Å². The van der Waals surface area contributed by atoms with E-state index in [4.69, 9.17) is 23.2 Å². The molecule has 1 rings (SSSR count). The molecule has 0 heterocycles. The van der Waals surface area contributed by atoms with Gasteiger partial charge in [-0.15, -0.1) is 0 Å². The first-order valence-corrected chi connectivity index (χ1v) is 4.36. The fourth-order valence-electron chi connectivity index (χ4n) is 0.544. The highest BCUT2D eigenvalue weighted by atomic mass is 127. The third-order valence-electron chi connectivity index (χ3n) is 1.06. The molecule has 0 radical (unpaired) electrons. The molecule has 60 valence electrons. The van der Waals surface area contributed by atoms with Crippen LogP contribution in [-0.4, -0.2) is 0 Å². The highest BCUT2D eigenvalue weighted by Gasteiger charge is 2.13. The van der Waals surface area contributed by atoms with Crippen molar-refractivity contribution < 1.29 is 8.78 Å².